The minimum atomic E-state index is -0.118. The highest BCUT2D eigenvalue weighted by Gasteiger charge is 2.27. The monoisotopic (exact) mass is 380 g/mol. The maximum absolute atomic E-state index is 12.7. The Morgan fingerprint density at radius 1 is 1.07 bits per heavy atom. The predicted octanol–water partition coefficient (Wildman–Crippen LogP) is 4.87. The van der Waals surface area contributed by atoms with Crippen molar-refractivity contribution in [2.75, 3.05) is 13.2 Å². The van der Waals surface area contributed by atoms with E-state index in [4.69, 9.17) is 4.74 Å². The fraction of sp³-hybridized carbons (Fsp3) is 0.318. The summed E-state index contributed by atoms with van der Waals surface area (Å²) in [6.45, 7) is 2.05. The van der Waals surface area contributed by atoms with Gasteiger partial charge in [0.25, 0.3) is 0 Å². The van der Waals surface area contributed by atoms with Crippen LogP contribution >= 0.6 is 11.3 Å². The summed E-state index contributed by atoms with van der Waals surface area (Å²) in [5, 5.41) is 10.7. The summed E-state index contributed by atoms with van der Waals surface area (Å²) < 4.78 is 5.49. The lowest BCUT2D eigenvalue weighted by atomic mass is 9.91. The number of ether oxygens (including phenoxy) is 1. The van der Waals surface area contributed by atoms with Gasteiger partial charge >= 0.3 is 6.03 Å². The Balaban J connectivity index is 1.43. The lowest BCUT2D eigenvalue weighted by Crippen LogP contribution is -2.41. The van der Waals surface area contributed by atoms with Crippen LogP contribution in [0.2, 0.25) is 0 Å². The van der Waals surface area contributed by atoms with Gasteiger partial charge in [0.05, 0.1) is 6.04 Å². The zero-order chi connectivity index (χ0) is 18.5. The molecule has 2 aromatic carbocycles. The Kier molecular flexibility index (Phi) is 5.70. The topological polar surface area (TPSA) is 50.4 Å². The molecule has 27 heavy (non-hydrogen) atoms. The van der Waals surface area contributed by atoms with Crippen molar-refractivity contribution in [3.8, 4) is 0 Å². The molecule has 1 aliphatic heterocycles. The molecule has 1 aromatic heterocycles. The van der Waals surface area contributed by atoms with Gasteiger partial charge in [0, 0.05) is 24.6 Å². The van der Waals surface area contributed by atoms with Crippen LogP contribution in [0.4, 0.5) is 4.79 Å². The minimum Gasteiger partial charge on any atom is -0.381 e. The molecule has 0 aliphatic carbocycles. The van der Waals surface area contributed by atoms with Crippen LogP contribution in [0.25, 0.3) is 10.8 Å². The van der Waals surface area contributed by atoms with Crippen LogP contribution in [0.5, 0.6) is 0 Å². The first-order valence-corrected chi connectivity index (χ1v) is 10.3. The highest BCUT2D eigenvalue weighted by molar-refractivity contribution is 7.10. The second-order valence-corrected chi connectivity index (χ2v) is 7.89. The van der Waals surface area contributed by atoms with Crippen molar-refractivity contribution in [3.63, 3.8) is 0 Å². The van der Waals surface area contributed by atoms with Crippen LogP contribution in [-0.2, 0) is 11.3 Å². The molecule has 5 heteroatoms. The van der Waals surface area contributed by atoms with E-state index in [0.29, 0.717) is 12.5 Å². The largest absolute Gasteiger partial charge is 0.381 e. The van der Waals surface area contributed by atoms with Crippen molar-refractivity contribution in [2.24, 2.45) is 5.92 Å². The van der Waals surface area contributed by atoms with Crippen molar-refractivity contribution < 1.29 is 9.53 Å². The number of carbonyl (C=O) groups is 1. The van der Waals surface area contributed by atoms with Gasteiger partial charge in [-0.05, 0) is 46.5 Å². The first kappa shape index (κ1) is 18.0. The Bertz CT molecular complexity index is 883. The summed E-state index contributed by atoms with van der Waals surface area (Å²) in [5.41, 5.74) is 1.13. The number of rotatable bonds is 5. The quantitative estimate of drug-likeness (QED) is 0.663. The van der Waals surface area contributed by atoms with Gasteiger partial charge in [-0.1, -0.05) is 48.5 Å². The van der Waals surface area contributed by atoms with Crippen molar-refractivity contribution in [1.82, 2.24) is 10.6 Å². The van der Waals surface area contributed by atoms with E-state index < -0.39 is 0 Å². The Labute approximate surface area is 163 Å². The third-order valence-corrected chi connectivity index (χ3v) is 6.15. The van der Waals surface area contributed by atoms with Crippen LogP contribution in [0.1, 0.15) is 29.3 Å². The van der Waals surface area contributed by atoms with E-state index in [1.54, 1.807) is 11.3 Å². The number of fused-ring (bicyclic) bond motifs is 1. The number of amides is 2. The minimum absolute atomic E-state index is 0.0430. The Hall–Kier alpha value is -2.37. The highest BCUT2D eigenvalue weighted by Crippen LogP contribution is 2.32. The third kappa shape index (κ3) is 4.31. The normalized spacial score (nSPS) is 16.1. The summed E-state index contributed by atoms with van der Waals surface area (Å²) in [4.78, 5) is 13.9. The van der Waals surface area contributed by atoms with Crippen LogP contribution in [-0.4, -0.2) is 19.2 Å². The van der Waals surface area contributed by atoms with E-state index in [1.165, 1.54) is 15.6 Å². The molecule has 1 fully saturated rings. The smallest absolute Gasteiger partial charge is 0.315 e. The fourth-order valence-electron chi connectivity index (χ4n) is 3.75. The lowest BCUT2D eigenvalue weighted by molar-refractivity contribution is 0.0552. The third-order valence-electron chi connectivity index (χ3n) is 5.19. The SMILES string of the molecule is O=C(NCc1cccc2ccccc12)NC(c1cccs1)C1CCOCC1. The van der Waals surface area contributed by atoms with Gasteiger partial charge in [-0.3, -0.25) is 0 Å². The highest BCUT2D eigenvalue weighted by atomic mass is 32.1. The number of urea groups is 1. The van der Waals surface area contributed by atoms with Crippen molar-refractivity contribution in [2.45, 2.75) is 25.4 Å². The predicted molar refractivity (Wildman–Crippen MR) is 110 cm³/mol. The van der Waals surface area contributed by atoms with E-state index in [1.807, 2.05) is 24.3 Å². The molecular formula is C22H24N2O2S. The van der Waals surface area contributed by atoms with Gasteiger partial charge < -0.3 is 15.4 Å². The standard InChI is InChI=1S/C22H24N2O2S/c25-22(23-15-18-7-3-6-16-5-1-2-8-19(16)18)24-21(20-9-4-14-27-20)17-10-12-26-13-11-17/h1-9,14,17,21H,10-13,15H2,(H2,23,24,25). The summed E-state index contributed by atoms with van der Waals surface area (Å²) in [6.07, 6.45) is 1.96. The number of hydrogen-bond acceptors (Lipinski definition) is 3. The molecule has 2 amide bonds. The van der Waals surface area contributed by atoms with Crippen LogP contribution < -0.4 is 10.6 Å². The molecule has 2 N–H and O–H groups in total. The molecule has 1 saturated heterocycles. The second kappa shape index (κ2) is 8.55. The Morgan fingerprint density at radius 2 is 1.89 bits per heavy atom. The molecule has 3 aromatic rings. The van der Waals surface area contributed by atoms with Gasteiger partial charge in [0.2, 0.25) is 0 Å². The van der Waals surface area contributed by atoms with Crippen LogP contribution in [0.15, 0.2) is 60.0 Å². The molecule has 0 spiro atoms. The number of hydrogen-bond donors (Lipinski definition) is 2. The molecule has 4 nitrogen and oxygen atoms in total. The number of thiophene rings is 1. The maximum atomic E-state index is 12.7. The van der Waals surface area contributed by atoms with Crippen molar-refractivity contribution in [3.05, 3.63) is 70.4 Å². The average molecular weight is 381 g/mol. The summed E-state index contributed by atoms with van der Waals surface area (Å²) in [5.74, 6) is 0.417. The molecule has 0 bridgehead atoms. The molecule has 1 unspecified atom stereocenters. The summed E-state index contributed by atoms with van der Waals surface area (Å²) >= 11 is 1.70. The number of benzene rings is 2. The molecule has 4 rings (SSSR count). The van der Waals surface area contributed by atoms with Crippen LogP contribution in [0.3, 0.4) is 0 Å². The van der Waals surface area contributed by atoms with Gasteiger partial charge in [-0.15, -0.1) is 11.3 Å². The van der Waals surface area contributed by atoms with Gasteiger partial charge in [0.1, 0.15) is 0 Å². The summed E-state index contributed by atoms with van der Waals surface area (Å²) in [7, 11) is 0. The molecular weight excluding hydrogens is 356 g/mol. The van der Waals surface area contributed by atoms with Gasteiger partial charge in [0.15, 0.2) is 0 Å². The van der Waals surface area contributed by atoms with E-state index in [9.17, 15) is 4.79 Å². The van der Waals surface area contributed by atoms with Crippen molar-refractivity contribution in [1.29, 1.82) is 0 Å². The zero-order valence-corrected chi connectivity index (χ0v) is 16.0. The summed E-state index contributed by atoms with van der Waals surface area (Å²) in [6, 6.07) is 18.5. The second-order valence-electron chi connectivity index (χ2n) is 6.91. The molecule has 1 atom stereocenters. The first-order valence-electron chi connectivity index (χ1n) is 9.43. The first-order chi connectivity index (χ1) is 13.3. The number of nitrogens with one attached hydrogen (secondary N) is 2. The molecule has 2 heterocycles. The molecule has 1 aliphatic rings. The molecule has 0 radical (unpaired) electrons. The van der Waals surface area contributed by atoms with E-state index in [0.717, 1.165) is 31.6 Å². The van der Waals surface area contributed by atoms with Crippen LogP contribution in [0, 0.1) is 5.92 Å². The average Bonchev–Trinajstić information content (AvgIpc) is 3.25. The van der Waals surface area contributed by atoms with Crippen molar-refractivity contribution >= 4 is 28.1 Å². The maximum Gasteiger partial charge on any atom is 0.315 e. The van der Waals surface area contributed by atoms with Gasteiger partial charge in [-0.2, -0.15) is 0 Å². The lowest BCUT2D eigenvalue weighted by Gasteiger charge is -2.30. The van der Waals surface area contributed by atoms with Gasteiger partial charge in [-0.25, -0.2) is 4.79 Å². The fourth-order valence-corrected chi connectivity index (χ4v) is 4.62. The Morgan fingerprint density at radius 3 is 2.70 bits per heavy atom. The zero-order valence-electron chi connectivity index (χ0n) is 15.2. The van der Waals surface area contributed by atoms with E-state index in [2.05, 4.69) is 46.3 Å². The van der Waals surface area contributed by atoms with E-state index >= 15 is 0 Å². The van der Waals surface area contributed by atoms with E-state index in [-0.39, 0.29) is 12.1 Å². The molecule has 140 valence electrons. The molecule has 0 saturated carbocycles. The number of carbonyl (C=O) groups excluding carboxylic acids is 1.